The number of esters is 3. The van der Waals surface area contributed by atoms with E-state index in [2.05, 4.69) is 18.9 Å². The summed E-state index contributed by atoms with van der Waals surface area (Å²) in [6, 6.07) is 0. The number of carbonyl (C=O) groups is 3. The minimum Gasteiger partial charge on any atom is -0.422 e. The maximum atomic E-state index is 12.2. The predicted octanol–water partition coefficient (Wildman–Crippen LogP) is -5.78. The zero-order valence-corrected chi connectivity index (χ0v) is 12.8. The first-order valence-electron chi connectivity index (χ1n) is 7.11. The predicted molar refractivity (Wildman–Crippen MR) is 68.4 cm³/mol. The van der Waals surface area contributed by atoms with E-state index in [0.717, 1.165) is 0 Å². The van der Waals surface area contributed by atoms with E-state index in [4.69, 9.17) is 5.73 Å². The molecule has 0 aliphatic carbocycles. The number of nitrogens with two attached hydrogens (primary N) is 1. The number of hydrogen-bond acceptors (Lipinski definition) is 14. The second-order valence-electron chi connectivity index (χ2n) is 6.19. The summed E-state index contributed by atoms with van der Waals surface area (Å²) in [4.78, 5) is 36.2. The molecule has 0 radical (unpaired) electrons. The summed E-state index contributed by atoms with van der Waals surface area (Å²) in [6.07, 6.45) is -4.77. The van der Waals surface area contributed by atoms with Crippen molar-refractivity contribution < 1.29 is 64.0 Å². The molecule has 0 spiro atoms. The van der Waals surface area contributed by atoms with Gasteiger partial charge in [-0.2, -0.15) is 0 Å². The van der Waals surface area contributed by atoms with Crippen molar-refractivity contribution >= 4 is 17.9 Å². The summed E-state index contributed by atoms with van der Waals surface area (Å²) in [5.74, 6) is -20.1. The number of fused-ring (bicyclic) bond motifs is 2. The Labute approximate surface area is 143 Å². The van der Waals surface area contributed by atoms with E-state index in [0.29, 0.717) is 0 Å². The van der Waals surface area contributed by atoms with Crippen molar-refractivity contribution in [3.05, 3.63) is 0 Å². The molecule has 3 heterocycles. The number of aliphatic hydroxyl groups is 6. The molecule has 0 aromatic heterocycles. The Morgan fingerprint density at radius 2 is 1.46 bits per heavy atom. The Morgan fingerprint density at radius 3 is 2.00 bits per heavy atom. The number of rotatable bonds is 1. The van der Waals surface area contributed by atoms with Gasteiger partial charge in [0.25, 0.3) is 5.91 Å². The summed E-state index contributed by atoms with van der Waals surface area (Å²) in [5, 5.41) is 61.6. The highest BCUT2D eigenvalue weighted by Crippen LogP contribution is 2.51. The average molecular weight is 381 g/mol. The fourth-order valence-electron chi connectivity index (χ4n) is 2.98. The van der Waals surface area contributed by atoms with Crippen LogP contribution in [0.15, 0.2) is 0 Å². The molecule has 146 valence electrons. The third-order valence-corrected chi connectivity index (χ3v) is 4.38. The van der Waals surface area contributed by atoms with Crippen molar-refractivity contribution in [2.24, 2.45) is 5.73 Å². The minimum atomic E-state index is -4.01. The van der Waals surface area contributed by atoms with Gasteiger partial charge in [0.1, 0.15) is 0 Å². The molecule has 3 saturated heterocycles. The van der Waals surface area contributed by atoms with Gasteiger partial charge in [-0.25, -0.2) is 4.79 Å². The number of carbonyl (C=O) groups excluding carboxylic acids is 3. The Balaban J connectivity index is 2.33. The highest BCUT2D eigenvalue weighted by molar-refractivity contribution is 5.91. The first-order chi connectivity index (χ1) is 11.7. The van der Waals surface area contributed by atoms with Crippen molar-refractivity contribution in [3.8, 4) is 0 Å². The zero-order valence-electron chi connectivity index (χ0n) is 12.8. The van der Waals surface area contributed by atoms with Crippen LogP contribution in [0.5, 0.6) is 0 Å². The van der Waals surface area contributed by atoms with Crippen molar-refractivity contribution in [1.82, 2.24) is 0 Å². The molecule has 0 saturated carbocycles. The molecule has 2 bridgehead atoms. The van der Waals surface area contributed by atoms with Crippen LogP contribution in [0.3, 0.4) is 0 Å². The lowest BCUT2D eigenvalue weighted by molar-refractivity contribution is -0.560. The Kier molecular flexibility index (Phi) is 3.69. The Hall–Kier alpha value is -1.91. The van der Waals surface area contributed by atoms with Gasteiger partial charge in [0.2, 0.25) is 0 Å². The van der Waals surface area contributed by atoms with Crippen LogP contribution in [0.2, 0.25) is 0 Å². The zero-order chi connectivity index (χ0) is 19.8. The Bertz CT molecular complexity index is 695. The average Bonchev–Trinajstić information content (AvgIpc) is 2.48. The molecule has 0 aromatic rings. The minimum absolute atomic E-state index is 1.22. The topological polar surface area (TPSA) is 236 Å². The largest absolute Gasteiger partial charge is 0.422 e. The second kappa shape index (κ2) is 5.08. The first-order valence-corrected chi connectivity index (χ1v) is 7.11. The molecule has 3 fully saturated rings. The maximum Gasteiger partial charge on any atom is 0.354 e. The van der Waals surface area contributed by atoms with Crippen LogP contribution in [-0.4, -0.2) is 90.1 Å². The fourth-order valence-corrected chi connectivity index (χ4v) is 2.98. The normalized spacial score (nSPS) is 51.3. The van der Waals surface area contributed by atoms with Crippen LogP contribution < -0.4 is 5.73 Å². The van der Waals surface area contributed by atoms with Gasteiger partial charge in [-0.05, 0) is 0 Å². The molecule has 14 heteroatoms. The lowest BCUT2D eigenvalue weighted by Gasteiger charge is -2.59. The van der Waals surface area contributed by atoms with Gasteiger partial charge in [0, 0.05) is 0 Å². The SMILES string of the molecule is NC1(O)O[C@H](CO)[C@]2(O)OC(=O)CC3(O)CC(=O)O[C@]1(O)[C@@]2(O)OC3=O. The molecule has 0 aromatic carbocycles. The Morgan fingerprint density at radius 1 is 0.923 bits per heavy atom. The third-order valence-electron chi connectivity index (χ3n) is 4.38. The van der Waals surface area contributed by atoms with Crippen LogP contribution in [0.4, 0.5) is 0 Å². The number of ether oxygens (including phenoxy) is 4. The molecule has 3 rings (SSSR count). The molecule has 26 heavy (non-hydrogen) atoms. The van der Waals surface area contributed by atoms with Gasteiger partial charge in [0.05, 0.1) is 19.4 Å². The van der Waals surface area contributed by atoms with Gasteiger partial charge >= 0.3 is 35.3 Å². The molecule has 2 unspecified atom stereocenters. The molecule has 14 nitrogen and oxygen atoms in total. The van der Waals surface area contributed by atoms with E-state index in [-0.39, 0.29) is 0 Å². The summed E-state index contributed by atoms with van der Waals surface area (Å²) in [7, 11) is 0. The van der Waals surface area contributed by atoms with Gasteiger partial charge in [-0.1, -0.05) is 0 Å². The molecular weight excluding hydrogens is 366 g/mol. The van der Waals surface area contributed by atoms with E-state index in [1.165, 1.54) is 0 Å². The number of aliphatic hydroxyl groups excluding tert-OH is 1. The van der Waals surface area contributed by atoms with Crippen molar-refractivity contribution in [2.75, 3.05) is 6.61 Å². The second-order valence-corrected chi connectivity index (χ2v) is 6.19. The van der Waals surface area contributed by atoms with Crippen LogP contribution in [0.25, 0.3) is 0 Å². The van der Waals surface area contributed by atoms with E-state index in [1.807, 2.05) is 0 Å². The van der Waals surface area contributed by atoms with E-state index in [9.17, 15) is 45.0 Å². The van der Waals surface area contributed by atoms with Gasteiger partial charge in [-0.15, -0.1) is 0 Å². The monoisotopic (exact) mass is 381 g/mol. The van der Waals surface area contributed by atoms with E-state index >= 15 is 0 Å². The van der Waals surface area contributed by atoms with E-state index < -0.39 is 72.3 Å². The third kappa shape index (κ3) is 2.06. The lowest BCUT2D eigenvalue weighted by Crippen LogP contribution is -2.90. The van der Waals surface area contributed by atoms with Crippen LogP contribution >= 0.6 is 0 Å². The fraction of sp³-hybridized carbons (Fsp3) is 0.750. The summed E-state index contributed by atoms with van der Waals surface area (Å²) >= 11 is 0. The number of hydrogen-bond donors (Lipinski definition) is 7. The van der Waals surface area contributed by atoms with Crippen molar-refractivity contribution in [1.29, 1.82) is 0 Å². The molecule has 0 amide bonds. The molecule has 8 N–H and O–H groups in total. The highest BCUT2D eigenvalue weighted by Gasteiger charge is 2.86. The van der Waals surface area contributed by atoms with Gasteiger partial charge < -0.3 is 49.6 Å². The summed E-state index contributed by atoms with van der Waals surface area (Å²) < 4.78 is 18.1. The van der Waals surface area contributed by atoms with Gasteiger partial charge in [-0.3, -0.25) is 15.3 Å². The van der Waals surface area contributed by atoms with Crippen molar-refractivity contribution in [2.45, 2.75) is 47.8 Å². The highest BCUT2D eigenvalue weighted by atomic mass is 16.8. The first kappa shape index (κ1) is 18.9. The lowest BCUT2D eigenvalue weighted by atomic mass is 9.83. The molecule has 6 atom stereocenters. The van der Waals surface area contributed by atoms with Crippen LogP contribution in [-0.2, 0) is 33.3 Å². The standard InChI is InChI=1S/C12H15NO13/c13-12(22)11(21)10(20)9(19,4(3-14)23-12)24-5(15)1-8(18,7(17)26-10)2-6(16)25-11/h4,14,18-22H,1-3,13H2/t4-,8?,9+,10+,11-,12?/m1/s1. The smallest absolute Gasteiger partial charge is 0.354 e. The molecular formula is C12H15NO13. The molecule has 3 aliphatic rings. The van der Waals surface area contributed by atoms with Crippen LogP contribution in [0, 0.1) is 0 Å². The van der Waals surface area contributed by atoms with Gasteiger partial charge in [0.15, 0.2) is 11.7 Å². The quantitative estimate of drug-likeness (QED) is 0.127. The van der Waals surface area contributed by atoms with E-state index in [1.54, 1.807) is 0 Å². The maximum absolute atomic E-state index is 12.2. The summed E-state index contributed by atoms with van der Waals surface area (Å²) in [5.41, 5.74) is 2.39. The molecule has 3 aliphatic heterocycles. The van der Waals surface area contributed by atoms with Crippen molar-refractivity contribution in [3.63, 3.8) is 0 Å². The van der Waals surface area contributed by atoms with Crippen LogP contribution in [0.1, 0.15) is 12.8 Å². The summed E-state index contributed by atoms with van der Waals surface area (Å²) in [6.45, 7) is -1.29.